The van der Waals surface area contributed by atoms with Crippen molar-refractivity contribution < 1.29 is 9.53 Å². The summed E-state index contributed by atoms with van der Waals surface area (Å²) in [5.41, 5.74) is 0.720. The molecule has 0 spiro atoms. The molecule has 0 unspecified atom stereocenters. The largest absolute Gasteiger partial charge is 0.376 e. The first-order valence-electron chi connectivity index (χ1n) is 8.95. The lowest BCUT2D eigenvalue weighted by Gasteiger charge is -2.38. The number of fused-ring (bicyclic) bond motifs is 1. The lowest BCUT2D eigenvalue weighted by atomic mass is 9.77. The zero-order valence-electron chi connectivity index (χ0n) is 13.8. The number of carbonyl (C=O) groups excluding carboxylic acids is 1. The van der Waals surface area contributed by atoms with Crippen LogP contribution in [0.4, 0.5) is 0 Å². The van der Waals surface area contributed by atoms with Gasteiger partial charge in [0.1, 0.15) is 5.69 Å². The number of aromatic nitrogens is 1. The Hall–Kier alpha value is -1.33. The Labute approximate surface area is 137 Å². The number of hydrogen-bond acceptors (Lipinski definition) is 3. The molecule has 2 N–H and O–H groups in total. The van der Waals surface area contributed by atoms with Crippen molar-refractivity contribution in [2.75, 3.05) is 19.7 Å². The summed E-state index contributed by atoms with van der Waals surface area (Å²) in [6.45, 7) is 3.05. The summed E-state index contributed by atoms with van der Waals surface area (Å²) in [5.74, 6) is 2.17. The SMILES string of the molecule is Cn1cccc1C(=O)N[C@H]1C[C@H]2CNC[C@H]2C[C@@H]1OCC1CC1. The molecule has 5 nitrogen and oxygen atoms in total. The quantitative estimate of drug-likeness (QED) is 0.866. The maximum absolute atomic E-state index is 12.6. The molecular weight excluding hydrogens is 290 g/mol. The van der Waals surface area contributed by atoms with Gasteiger partial charge < -0.3 is 19.9 Å². The fourth-order valence-corrected chi connectivity index (χ4v) is 4.10. The van der Waals surface area contributed by atoms with Crippen LogP contribution >= 0.6 is 0 Å². The van der Waals surface area contributed by atoms with E-state index in [9.17, 15) is 4.79 Å². The Morgan fingerprint density at radius 2 is 2.13 bits per heavy atom. The lowest BCUT2D eigenvalue weighted by molar-refractivity contribution is -0.0212. The molecule has 2 saturated carbocycles. The fraction of sp³-hybridized carbons (Fsp3) is 0.722. The van der Waals surface area contributed by atoms with E-state index in [4.69, 9.17) is 4.74 Å². The summed E-state index contributed by atoms with van der Waals surface area (Å²) in [6.07, 6.45) is 6.79. The predicted molar refractivity (Wildman–Crippen MR) is 88.2 cm³/mol. The summed E-state index contributed by atoms with van der Waals surface area (Å²) in [7, 11) is 1.91. The average molecular weight is 317 g/mol. The summed E-state index contributed by atoms with van der Waals surface area (Å²) in [4.78, 5) is 12.6. The highest BCUT2D eigenvalue weighted by atomic mass is 16.5. The van der Waals surface area contributed by atoms with Gasteiger partial charge in [0.15, 0.2) is 0 Å². The smallest absolute Gasteiger partial charge is 0.268 e. The summed E-state index contributed by atoms with van der Waals surface area (Å²) >= 11 is 0. The molecule has 2 aliphatic carbocycles. The van der Waals surface area contributed by atoms with Crippen molar-refractivity contribution in [3.63, 3.8) is 0 Å². The number of amides is 1. The molecule has 1 aromatic heterocycles. The molecule has 2 heterocycles. The van der Waals surface area contributed by atoms with Gasteiger partial charge in [0, 0.05) is 19.9 Å². The van der Waals surface area contributed by atoms with Crippen LogP contribution in [0.15, 0.2) is 18.3 Å². The number of nitrogens with zero attached hydrogens (tertiary/aromatic N) is 1. The average Bonchev–Trinajstić information content (AvgIpc) is 3.08. The zero-order valence-corrected chi connectivity index (χ0v) is 13.8. The van der Waals surface area contributed by atoms with Gasteiger partial charge in [0.2, 0.25) is 0 Å². The summed E-state index contributed by atoms with van der Waals surface area (Å²) < 4.78 is 8.10. The van der Waals surface area contributed by atoms with Gasteiger partial charge in [-0.05, 0) is 68.7 Å². The Bertz CT molecular complexity index is 566. The molecule has 1 aromatic rings. The second-order valence-electron chi connectivity index (χ2n) is 7.55. The second-order valence-corrected chi connectivity index (χ2v) is 7.55. The van der Waals surface area contributed by atoms with Crippen molar-refractivity contribution in [1.29, 1.82) is 0 Å². The molecule has 4 rings (SSSR count). The number of rotatable bonds is 5. The van der Waals surface area contributed by atoms with Crippen molar-refractivity contribution in [2.45, 2.75) is 37.8 Å². The first-order valence-corrected chi connectivity index (χ1v) is 8.95. The van der Waals surface area contributed by atoms with E-state index in [1.807, 2.05) is 29.9 Å². The predicted octanol–water partition coefficient (Wildman–Crippen LogP) is 1.55. The van der Waals surface area contributed by atoms with Crippen LogP contribution in [0.2, 0.25) is 0 Å². The van der Waals surface area contributed by atoms with Crippen molar-refractivity contribution in [3.05, 3.63) is 24.0 Å². The van der Waals surface area contributed by atoms with Gasteiger partial charge in [-0.15, -0.1) is 0 Å². The Morgan fingerprint density at radius 1 is 1.35 bits per heavy atom. The molecule has 23 heavy (non-hydrogen) atoms. The van der Waals surface area contributed by atoms with E-state index in [0.29, 0.717) is 11.8 Å². The second kappa shape index (κ2) is 6.29. The molecule has 1 aliphatic heterocycles. The van der Waals surface area contributed by atoms with Crippen LogP contribution in [0.1, 0.15) is 36.2 Å². The summed E-state index contributed by atoms with van der Waals surface area (Å²) in [5, 5.41) is 6.76. The molecule has 5 heteroatoms. The molecule has 1 saturated heterocycles. The van der Waals surface area contributed by atoms with E-state index in [-0.39, 0.29) is 18.1 Å². The van der Waals surface area contributed by atoms with Crippen molar-refractivity contribution >= 4 is 5.91 Å². The minimum atomic E-state index is 0.0203. The van der Waals surface area contributed by atoms with Gasteiger partial charge in [0.05, 0.1) is 12.1 Å². The number of nitrogens with one attached hydrogen (secondary N) is 2. The van der Waals surface area contributed by atoms with E-state index in [1.165, 1.54) is 12.8 Å². The maximum atomic E-state index is 12.6. The van der Waals surface area contributed by atoms with Crippen LogP contribution in [-0.4, -0.2) is 42.3 Å². The fourth-order valence-electron chi connectivity index (χ4n) is 4.10. The van der Waals surface area contributed by atoms with Crippen LogP contribution in [0.25, 0.3) is 0 Å². The maximum Gasteiger partial charge on any atom is 0.268 e. The lowest BCUT2D eigenvalue weighted by Crippen LogP contribution is -2.50. The van der Waals surface area contributed by atoms with Gasteiger partial charge in [-0.25, -0.2) is 0 Å². The van der Waals surface area contributed by atoms with Gasteiger partial charge in [-0.2, -0.15) is 0 Å². The third-order valence-electron chi connectivity index (χ3n) is 5.76. The Kier molecular flexibility index (Phi) is 4.16. The minimum absolute atomic E-state index is 0.0203. The molecule has 0 aromatic carbocycles. The van der Waals surface area contributed by atoms with Crippen LogP contribution < -0.4 is 10.6 Å². The molecule has 3 aliphatic rings. The molecule has 4 atom stereocenters. The van der Waals surface area contributed by atoms with Gasteiger partial charge in [0.25, 0.3) is 5.91 Å². The van der Waals surface area contributed by atoms with E-state index in [2.05, 4.69) is 10.6 Å². The highest BCUT2D eigenvalue weighted by molar-refractivity contribution is 5.92. The standard InChI is InChI=1S/C18H27N3O2/c1-21-6-2-3-16(21)18(22)20-15-7-13-9-19-10-14(13)8-17(15)23-11-12-4-5-12/h2-3,6,12-15,17,19H,4-5,7-11H2,1H3,(H,20,22)/t13-,14+,15-,17-/m0/s1. The number of ether oxygens (including phenoxy) is 1. The van der Waals surface area contributed by atoms with Crippen molar-refractivity contribution in [1.82, 2.24) is 15.2 Å². The number of carbonyl (C=O) groups is 1. The number of hydrogen-bond donors (Lipinski definition) is 2. The van der Waals surface area contributed by atoms with Crippen molar-refractivity contribution in [3.8, 4) is 0 Å². The van der Waals surface area contributed by atoms with E-state index in [0.717, 1.165) is 44.1 Å². The van der Waals surface area contributed by atoms with Crippen LogP contribution in [0.5, 0.6) is 0 Å². The minimum Gasteiger partial charge on any atom is -0.376 e. The molecule has 126 valence electrons. The first kappa shape index (κ1) is 15.2. The Balaban J connectivity index is 1.43. The highest BCUT2D eigenvalue weighted by Crippen LogP contribution is 2.36. The monoisotopic (exact) mass is 317 g/mol. The van der Waals surface area contributed by atoms with Crippen LogP contribution in [0.3, 0.4) is 0 Å². The first-order chi connectivity index (χ1) is 11.2. The molecule has 0 radical (unpaired) electrons. The Morgan fingerprint density at radius 3 is 2.83 bits per heavy atom. The molecule has 3 fully saturated rings. The van der Waals surface area contributed by atoms with Gasteiger partial charge in [-0.1, -0.05) is 0 Å². The summed E-state index contributed by atoms with van der Waals surface area (Å²) in [6, 6.07) is 3.92. The third-order valence-corrected chi connectivity index (χ3v) is 5.76. The molecule has 1 amide bonds. The normalized spacial score (nSPS) is 33.4. The third kappa shape index (κ3) is 3.31. The molecular formula is C18H27N3O2. The van der Waals surface area contributed by atoms with Crippen LogP contribution in [-0.2, 0) is 11.8 Å². The van der Waals surface area contributed by atoms with E-state index >= 15 is 0 Å². The van der Waals surface area contributed by atoms with E-state index in [1.54, 1.807) is 0 Å². The number of aryl methyl sites for hydroxylation is 1. The van der Waals surface area contributed by atoms with Gasteiger partial charge in [-0.3, -0.25) is 4.79 Å². The van der Waals surface area contributed by atoms with Crippen LogP contribution in [0, 0.1) is 17.8 Å². The molecule has 0 bridgehead atoms. The van der Waals surface area contributed by atoms with Crippen molar-refractivity contribution in [2.24, 2.45) is 24.8 Å². The highest BCUT2D eigenvalue weighted by Gasteiger charge is 2.41. The topological polar surface area (TPSA) is 55.3 Å². The van der Waals surface area contributed by atoms with E-state index < -0.39 is 0 Å². The van der Waals surface area contributed by atoms with Gasteiger partial charge >= 0.3 is 0 Å². The zero-order chi connectivity index (χ0) is 15.8.